The second-order valence-electron chi connectivity index (χ2n) is 2.79. The summed E-state index contributed by atoms with van der Waals surface area (Å²) in [6, 6.07) is 2.11. The highest BCUT2D eigenvalue weighted by Crippen LogP contribution is 2.24. The molecule has 0 aliphatic rings. The first kappa shape index (κ1) is 8.28. The van der Waals surface area contributed by atoms with Crippen molar-refractivity contribution in [2.75, 3.05) is 0 Å². The molecule has 0 aromatic carbocycles. The largest absolute Gasteiger partial charge is 0.148 e. The van der Waals surface area contributed by atoms with E-state index in [1.807, 2.05) is 11.3 Å². The molecule has 56 valence electrons. The lowest BCUT2D eigenvalue weighted by Gasteiger charge is -2.00. The van der Waals surface area contributed by atoms with Crippen molar-refractivity contribution in [1.82, 2.24) is 0 Å². The molecule has 1 aromatic rings. The number of halogens is 1. The lowest BCUT2D eigenvalue weighted by atomic mass is 10.1. The molecule has 10 heavy (non-hydrogen) atoms. The smallest absolute Gasteiger partial charge is 0.0314 e. The highest BCUT2D eigenvalue weighted by atomic mass is 79.9. The van der Waals surface area contributed by atoms with Crippen molar-refractivity contribution >= 4 is 27.3 Å². The van der Waals surface area contributed by atoms with Crippen molar-refractivity contribution in [1.29, 1.82) is 0 Å². The van der Waals surface area contributed by atoms with Crippen molar-refractivity contribution in [2.45, 2.75) is 20.3 Å². The Labute approximate surface area is 74.4 Å². The van der Waals surface area contributed by atoms with Gasteiger partial charge in [-0.25, -0.2) is 0 Å². The van der Waals surface area contributed by atoms with Crippen LogP contribution in [0.2, 0.25) is 0 Å². The highest BCUT2D eigenvalue weighted by Gasteiger charge is 2.02. The molecule has 0 saturated heterocycles. The molecule has 0 aliphatic carbocycles. The Bertz CT molecular complexity index is 203. The van der Waals surface area contributed by atoms with Crippen molar-refractivity contribution in [2.24, 2.45) is 5.92 Å². The van der Waals surface area contributed by atoms with Crippen LogP contribution >= 0.6 is 27.3 Å². The Balaban J connectivity index is 2.65. The quantitative estimate of drug-likeness (QED) is 0.711. The highest BCUT2D eigenvalue weighted by molar-refractivity contribution is 9.10. The molecule has 2 heteroatoms. The minimum atomic E-state index is 0.759. The molecular weight excluding hydrogens is 208 g/mol. The molecule has 0 aliphatic heterocycles. The summed E-state index contributed by atoms with van der Waals surface area (Å²) < 4.78 is 1.27. The van der Waals surface area contributed by atoms with Crippen molar-refractivity contribution in [3.8, 4) is 0 Å². The molecule has 1 heterocycles. The van der Waals surface area contributed by atoms with Gasteiger partial charge in [-0.1, -0.05) is 13.8 Å². The first-order valence-electron chi connectivity index (χ1n) is 3.42. The van der Waals surface area contributed by atoms with E-state index in [2.05, 4.69) is 41.2 Å². The minimum Gasteiger partial charge on any atom is -0.148 e. The van der Waals surface area contributed by atoms with Gasteiger partial charge in [0, 0.05) is 9.35 Å². The zero-order chi connectivity index (χ0) is 7.56. The summed E-state index contributed by atoms with van der Waals surface area (Å²) in [5, 5.41) is 2.13. The SMILES string of the molecule is CC(C)Cc1sccc1Br. The standard InChI is InChI=1S/C8H11BrS/c1-6(2)5-8-7(9)3-4-10-8/h3-4,6H,5H2,1-2H3. The first-order chi connectivity index (χ1) is 4.70. The van der Waals surface area contributed by atoms with Crippen LogP contribution in [0, 0.1) is 5.92 Å². The van der Waals surface area contributed by atoms with Crippen LogP contribution in [0.25, 0.3) is 0 Å². The second kappa shape index (κ2) is 3.54. The summed E-state index contributed by atoms with van der Waals surface area (Å²) in [5.74, 6) is 0.759. The van der Waals surface area contributed by atoms with Gasteiger partial charge in [-0.05, 0) is 39.7 Å². The van der Waals surface area contributed by atoms with Gasteiger partial charge in [0.05, 0.1) is 0 Å². The Hall–Kier alpha value is 0.180. The van der Waals surface area contributed by atoms with E-state index >= 15 is 0 Å². The number of hydrogen-bond donors (Lipinski definition) is 0. The van der Waals surface area contributed by atoms with E-state index in [1.54, 1.807) is 0 Å². The zero-order valence-corrected chi connectivity index (χ0v) is 8.63. The maximum Gasteiger partial charge on any atom is 0.0314 e. The maximum absolute atomic E-state index is 3.51. The second-order valence-corrected chi connectivity index (χ2v) is 4.64. The molecule has 0 fully saturated rings. The zero-order valence-electron chi connectivity index (χ0n) is 6.23. The number of hydrogen-bond acceptors (Lipinski definition) is 1. The van der Waals surface area contributed by atoms with E-state index in [0.717, 1.165) is 5.92 Å². The third kappa shape index (κ3) is 2.10. The molecule has 1 aromatic heterocycles. The summed E-state index contributed by atoms with van der Waals surface area (Å²) in [6.45, 7) is 4.48. The minimum absolute atomic E-state index is 0.759. The maximum atomic E-state index is 3.51. The third-order valence-electron chi connectivity index (χ3n) is 1.28. The normalized spacial score (nSPS) is 10.8. The van der Waals surface area contributed by atoms with Gasteiger partial charge in [-0.3, -0.25) is 0 Å². The van der Waals surface area contributed by atoms with Crippen molar-refractivity contribution in [3.63, 3.8) is 0 Å². The van der Waals surface area contributed by atoms with Gasteiger partial charge in [0.2, 0.25) is 0 Å². The molecular formula is C8H11BrS. The molecule has 0 N–H and O–H groups in total. The average Bonchev–Trinajstić information content (AvgIpc) is 2.15. The van der Waals surface area contributed by atoms with Gasteiger partial charge in [0.15, 0.2) is 0 Å². The predicted molar refractivity (Wildman–Crippen MR) is 50.6 cm³/mol. The van der Waals surface area contributed by atoms with Gasteiger partial charge >= 0.3 is 0 Å². The molecule has 0 radical (unpaired) electrons. The Morgan fingerprint density at radius 1 is 1.60 bits per heavy atom. The molecule has 0 unspecified atom stereocenters. The molecule has 1 rings (SSSR count). The van der Waals surface area contributed by atoms with Crippen LogP contribution in [0.4, 0.5) is 0 Å². The fourth-order valence-corrected chi connectivity index (χ4v) is 2.57. The summed E-state index contributed by atoms with van der Waals surface area (Å²) in [5.41, 5.74) is 0. The molecule has 0 amide bonds. The van der Waals surface area contributed by atoms with Crippen molar-refractivity contribution in [3.05, 3.63) is 20.8 Å². The summed E-state index contributed by atoms with van der Waals surface area (Å²) in [6.07, 6.45) is 1.19. The van der Waals surface area contributed by atoms with Crippen LogP contribution in [0.5, 0.6) is 0 Å². The lowest BCUT2D eigenvalue weighted by Crippen LogP contribution is -1.90. The van der Waals surface area contributed by atoms with Gasteiger partial charge in [0.25, 0.3) is 0 Å². The van der Waals surface area contributed by atoms with Crippen LogP contribution in [-0.2, 0) is 6.42 Å². The predicted octanol–water partition coefficient (Wildman–Crippen LogP) is 3.71. The average molecular weight is 219 g/mol. The molecule has 0 bridgehead atoms. The lowest BCUT2D eigenvalue weighted by molar-refractivity contribution is 0.653. The topological polar surface area (TPSA) is 0 Å². The van der Waals surface area contributed by atoms with Gasteiger partial charge in [-0.15, -0.1) is 11.3 Å². The fourth-order valence-electron chi connectivity index (χ4n) is 0.842. The van der Waals surface area contributed by atoms with Crippen molar-refractivity contribution < 1.29 is 0 Å². The van der Waals surface area contributed by atoms with Crippen LogP contribution in [0.1, 0.15) is 18.7 Å². The van der Waals surface area contributed by atoms with Crippen LogP contribution < -0.4 is 0 Å². The molecule has 0 saturated carbocycles. The fraction of sp³-hybridized carbons (Fsp3) is 0.500. The van der Waals surface area contributed by atoms with E-state index in [9.17, 15) is 0 Å². The Morgan fingerprint density at radius 3 is 2.70 bits per heavy atom. The summed E-state index contributed by atoms with van der Waals surface area (Å²) in [4.78, 5) is 1.47. The van der Waals surface area contributed by atoms with Gasteiger partial charge < -0.3 is 0 Å². The molecule has 0 atom stereocenters. The first-order valence-corrected chi connectivity index (χ1v) is 5.09. The summed E-state index contributed by atoms with van der Waals surface area (Å²) >= 11 is 5.34. The molecule has 0 spiro atoms. The van der Waals surface area contributed by atoms with Gasteiger partial charge in [-0.2, -0.15) is 0 Å². The monoisotopic (exact) mass is 218 g/mol. The molecule has 0 nitrogen and oxygen atoms in total. The third-order valence-corrected chi connectivity index (χ3v) is 3.23. The van der Waals surface area contributed by atoms with Crippen LogP contribution in [0.15, 0.2) is 15.9 Å². The Morgan fingerprint density at radius 2 is 2.30 bits per heavy atom. The number of thiophene rings is 1. The Kier molecular flexibility index (Phi) is 2.93. The van der Waals surface area contributed by atoms with Gasteiger partial charge in [0.1, 0.15) is 0 Å². The van der Waals surface area contributed by atoms with Crippen LogP contribution in [-0.4, -0.2) is 0 Å². The summed E-state index contributed by atoms with van der Waals surface area (Å²) in [7, 11) is 0. The van der Waals surface area contributed by atoms with E-state index in [1.165, 1.54) is 15.8 Å². The van der Waals surface area contributed by atoms with E-state index in [0.29, 0.717) is 0 Å². The number of rotatable bonds is 2. The van der Waals surface area contributed by atoms with E-state index < -0.39 is 0 Å². The van der Waals surface area contributed by atoms with Crippen LogP contribution in [0.3, 0.4) is 0 Å². The van der Waals surface area contributed by atoms with E-state index in [-0.39, 0.29) is 0 Å². The van der Waals surface area contributed by atoms with E-state index in [4.69, 9.17) is 0 Å².